The van der Waals surface area contributed by atoms with Crippen molar-refractivity contribution in [3.63, 3.8) is 0 Å². The maximum atomic E-state index is 6.48. The van der Waals surface area contributed by atoms with Gasteiger partial charge in [-0.1, -0.05) is 52.3 Å². The number of aryl methyl sites for hydroxylation is 2. The number of alkyl halides is 1. The first-order valence-corrected chi connectivity index (χ1v) is 14.5. The summed E-state index contributed by atoms with van der Waals surface area (Å²) in [5, 5.41) is 0.775. The molecule has 196 valence electrons. The molecule has 6 heteroatoms. The molecule has 3 aromatic carbocycles. The third-order valence-electron chi connectivity index (χ3n) is 6.74. The largest absolute Gasteiger partial charge is 0.465 e. The van der Waals surface area contributed by atoms with Crippen molar-refractivity contribution in [3.8, 4) is 23.0 Å². The van der Waals surface area contributed by atoms with E-state index in [-0.39, 0.29) is 12.6 Å². The topological polar surface area (TPSA) is 46.2 Å². The molecule has 2 fully saturated rings. The molecule has 0 spiro atoms. The Morgan fingerprint density at radius 1 is 0.703 bits per heavy atom. The molecule has 0 aliphatic carbocycles. The molecule has 0 N–H and O–H groups in total. The highest BCUT2D eigenvalue weighted by atomic mass is 79.9. The van der Waals surface area contributed by atoms with Gasteiger partial charge >= 0.3 is 0 Å². The van der Waals surface area contributed by atoms with Gasteiger partial charge in [0.05, 0.1) is 13.2 Å². The fourth-order valence-corrected chi connectivity index (χ4v) is 5.04. The normalized spacial score (nSPS) is 19.8. The number of ether oxygens (including phenoxy) is 5. The summed E-state index contributed by atoms with van der Waals surface area (Å²) in [5.74, 6) is 3.14. The lowest BCUT2D eigenvalue weighted by Crippen LogP contribution is -2.25. The van der Waals surface area contributed by atoms with E-state index in [2.05, 4.69) is 46.3 Å². The first-order valence-electron chi connectivity index (χ1n) is 13.4. The Labute approximate surface area is 228 Å². The van der Waals surface area contributed by atoms with E-state index >= 15 is 0 Å². The average Bonchev–Trinajstić information content (AvgIpc) is 2.95. The van der Waals surface area contributed by atoms with Crippen molar-refractivity contribution in [2.45, 2.75) is 69.3 Å². The van der Waals surface area contributed by atoms with Gasteiger partial charge in [-0.3, -0.25) is 0 Å². The minimum atomic E-state index is -0.235. The second-order valence-corrected chi connectivity index (χ2v) is 10.2. The number of hydrogen-bond acceptors (Lipinski definition) is 5. The van der Waals surface area contributed by atoms with Crippen LogP contribution >= 0.6 is 15.9 Å². The molecule has 2 unspecified atom stereocenters. The molecule has 5 rings (SSSR count). The highest BCUT2D eigenvalue weighted by Crippen LogP contribution is 2.38. The summed E-state index contributed by atoms with van der Waals surface area (Å²) in [6.07, 6.45) is 7.65. The quantitative estimate of drug-likeness (QED) is 0.233. The van der Waals surface area contributed by atoms with Crippen LogP contribution in [0.15, 0.2) is 66.7 Å². The molecule has 0 saturated carbocycles. The summed E-state index contributed by atoms with van der Waals surface area (Å²) in [4.78, 5) is 0. The van der Waals surface area contributed by atoms with Gasteiger partial charge in [0.15, 0.2) is 24.1 Å². The van der Waals surface area contributed by atoms with Gasteiger partial charge in [-0.05, 0) is 85.5 Å². The first-order chi connectivity index (χ1) is 18.3. The summed E-state index contributed by atoms with van der Waals surface area (Å²) in [6, 6.07) is 22.6. The lowest BCUT2D eigenvalue weighted by atomic mass is 10.0. The first kappa shape index (κ1) is 26.1. The zero-order valence-corrected chi connectivity index (χ0v) is 22.8. The molecule has 0 bridgehead atoms. The van der Waals surface area contributed by atoms with Crippen molar-refractivity contribution in [3.05, 3.63) is 83.4 Å². The molecule has 37 heavy (non-hydrogen) atoms. The van der Waals surface area contributed by atoms with Gasteiger partial charge < -0.3 is 23.7 Å². The van der Waals surface area contributed by atoms with Gasteiger partial charge in [0.2, 0.25) is 0 Å². The second kappa shape index (κ2) is 13.3. The zero-order valence-electron chi connectivity index (χ0n) is 21.2. The van der Waals surface area contributed by atoms with E-state index in [9.17, 15) is 0 Å². The van der Waals surface area contributed by atoms with Gasteiger partial charge in [0, 0.05) is 18.2 Å². The average molecular weight is 568 g/mol. The van der Waals surface area contributed by atoms with Crippen molar-refractivity contribution in [2.75, 3.05) is 13.2 Å². The summed E-state index contributed by atoms with van der Waals surface area (Å²) >= 11 is 3.54. The van der Waals surface area contributed by atoms with Crippen LogP contribution in [-0.4, -0.2) is 25.8 Å². The monoisotopic (exact) mass is 566 g/mol. The Hall–Kier alpha value is -2.54. The number of benzene rings is 3. The maximum Gasteiger partial charge on any atom is 0.200 e. The lowest BCUT2D eigenvalue weighted by molar-refractivity contribution is -0.106. The molecule has 0 aromatic heterocycles. The molecular weight excluding hydrogens is 532 g/mol. The van der Waals surface area contributed by atoms with Gasteiger partial charge in [-0.25, -0.2) is 0 Å². The Kier molecular flexibility index (Phi) is 9.38. The van der Waals surface area contributed by atoms with Crippen molar-refractivity contribution in [1.82, 2.24) is 0 Å². The molecule has 2 heterocycles. The fraction of sp³-hybridized carbons (Fsp3) is 0.419. The van der Waals surface area contributed by atoms with Crippen molar-refractivity contribution in [2.24, 2.45) is 0 Å². The molecule has 0 amide bonds. The maximum absolute atomic E-state index is 6.48. The molecule has 2 saturated heterocycles. The molecule has 2 atom stereocenters. The Balaban J connectivity index is 1.30. The zero-order chi connectivity index (χ0) is 25.3. The van der Waals surface area contributed by atoms with Crippen LogP contribution in [0.5, 0.6) is 23.0 Å². The van der Waals surface area contributed by atoms with Crippen molar-refractivity contribution >= 4 is 15.9 Å². The molecule has 5 nitrogen and oxygen atoms in total. The Bertz CT molecular complexity index is 1120. The summed E-state index contributed by atoms with van der Waals surface area (Å²) < 4.78 is 30.3. The Morgan fingerprint density at radius 3 is 2.14 bits per heavy atom. The predicted octanol–water partition coefficient (Wildman–Crippen LogP) is 7.97. The molecular formula is C31H35BrO5. The van der Waals surface area contributed by atoms with E-state index < -0.39 is 0 Å². The third kappa shape index (κ3) is 7.50. The summed E-state index contributed by atoms with van der Waals surface area (Å²) in [5.41, 5.74) is 3.51. The number of halogens is 1. The predicted molar refractivity (Wildman–Crippen MR) is 148 cm³/mol. The number of para-hydroxylation sites is 1. The van der Waals surface area contributed by atoms with Gasteiger partial charge in [-0.2, -0.15) is 0 Å². The molecule has 2 aliphatic rings. The van der Waals surface area contributed by atoms with Crippen LogP contribution < -0.4 is 14.2 Å². The second-order valence-electron chi connectivity index (χ2n) is 9.60. The molecule has 2 aliphatic heterocycles. The number of rotatable bonds is 10. The van der Waals surface area contributed by atoms with E-state index in [0.29, 0.717) is 0 Å². The highest BCUT2D eigenvalue weighted by molar-refractivity contribution is 9.08. The minimum absolute atomic E-state index is 0.127. The van der Waals surface area contributed by atoms with E-state index in [1.54, 1.807) is 0 Å². The van der Waals surface area contributed by atoms with E-state index in [4.69, 9.17) is 23.7 Å². The summed E-state index contributed by atoms with van der Waals surface area (Å²) in [7, 11) is 0. The molecule has 3 aromatic rings. The van der Waals surface area contributed by atoms with Crippen LogP contribution in [0.4, 0.5) is 0 Å². The smallest absolute Gasteiger partial charge is 0.200 e. The van der Waals surface area contributed by atoms with Crippen LogP contribution in [0.3, 0.4) is 0 Å². The van der Waals surface area contributed by atoms with Crippen molar-refractivity contribution < 1.29 is 23.7 Å². The standard InChI is InChI=1S/C31H35BrO5/c32-22-24-7-5-9-27(21-24)36-31-25(8-6-10-28(31)37-30-12-2-4-20-34-30)16-13-23-14-17-26(18-15-23)35-29-11-1-3-19-33-29/h5-10,14-15,17-18,21,29-30H,1-4,11-13,16,19-20,22H2. The van der Waals surface area contributed by atoms with Crippen LogP contribution in [-0.2, 0) is 27.6 Å². The van der Waals surface area contributed by atoms with Crippen LogP contribution in [0, 0.1) is 0 Å². The van der Waals surface area contributed by atoms with E-state index in [1.807, 2.05) is 36.4 Å². The van der Waals surface area contributed by atoms with Gasteiger partial charge in [0.25, 0.3) is 0 Å². The van der Waals surface area contributed by atoms with Crippen LogP contribution in [0.2, 0.25) is 0 Å². The lowest BCUT2D eigenvalue weighted by Gasteiger charge is -2.25. The summed E-state index contributed by atoms with van der Waals surface area (Å²) in [6.45, 7) is 1.52. The van der Waals surface area contributed by atoms with Crippen molar-refractivity contribution in [1.29, 1.82) is 0 Å². The van der Waals surface area contributed by atoms with E-state index in [0.717, 1.165) is 104 Å². The SMILES string of the molecule is BrCc1cccc(Oc2c(CCc3ccc(OC4CCCCO4)cc3)cccc2OC2CCCCO2)c1. The van der Waals surface area contributed by atoms with Gasteiger partial charge in [-0.15, -0.1) is 0 Å². The highest BCUT2D eigenvalue weighted by Gasteiger charge is 2.20. The fourth-order valence-electron chi connectivity index (χ4n) is 4.69. The molecule has 0 radical (unpaired) electrons. The van der Waals surface area contributed by atoms with Crippen LogP contribution in [0.1, 0.15) is 55.2 Å². The minimum Gasteiger partial charge on any atom is -0.465 e. The van der Waals surface area contributed by atoms with Gasteiger partial charge in [0.1, 0.15) is 11.5 Å². The Morgan fingerprint density at radius 2 is 1.43 bits per heavy atom. The third-order valence-corrected chi connectivity index (χ3v) is 7.39. The number of hydrogen-bond donors (Lipinski definition) is 0. The van der Waals surface area contributed by atoms with Crippen LogP contribution in [0.25, 0.3) is 0 Å². The van der Waals surface area contributed by atoms with E-state index in [1.165, 1.54) is 5.56 Å².